The Morgan fingerprint density at radius 2 is 2.00 bits per heavy atom. The summed E-state index contributed by atoms with van der Waals surface area (Å²) in [6.45, 7) is 0.169. The van der Waals surface area contributed by atoms with Crippen LogP contribution in [0.5, 0.6) is 0 Å². The van der Waals surface area contributed by atoms with Crippen LogP contribution >= 0.6 is 11.6 Å². The highest BCUT2D eigenvalue weighted by Crippen LogP contribution is 2.33. The van der Waals surface area contributed by atoms with E-state index in [9.17, 15) is 10.2 Å². The van der Waals surface area contributed by atoms with Gasteiger partial charge in [0.2, 0.25) is 5.28 Å². The smallest absolute Gasteiger partial charge is 0.226 e. The van der Waals surface area contributed by atoms with Gasteiger partial charge in [-0.2, -0.15) is 9.97 Å². The molecule has 26 heavy (non-hydrogen) atoms. The van der Waals surface area contributed by atoms with Crippen LogP contribution in [-0.2, 0) is 4.74 Å². The van der Waals surface area contributed by atoms with E-state index >= 15 is 0 Å². The van der Waals surface area contributed by atoms with Gasteiger partial charge in [0, 0.05) is 18.6 Å². The number of rotatable bonds is 5. The molecule has 2 aromatic heterocycles. The molecule has 0 radical (unpaired) electrons. The van der Waals surface area contributed by atoms with E-state index < -0.39 is 0 Å². The second-order valence-corrected chi connectivity index (χ2v) is 7.45. The molecule has 1 unspecified atom stereocenters. The number of halogens is 1. The van der Waals surface area contributed by atoms with Crippen molar-refractivity contribution >= 4 is 28.6 Å². The van der Waals surface area contributed by atoms with Gasteiger partial charge in [-0.15, -0.1) is 0 Å². The maximum atomic E-state index is 9.65. The number of nitrogens with zero attached hydrogens (tertiary/aromatic N) is 4. The van der Waals surface area contributed by atoms with E-state index in [1.807, 2.05) is 4.57 Å². The topological polar surface area (TPSA) is 105 Å². The second kappa shape index (κ2) is 7.64. The van der Waals surface area contributed by atoms with Gasteiger partial charge >= 0.3 is 0 Å². The van der Waals surface area contributed by atoms with Gasteiger partial charge in [0.1, 0.15) is 6.23 Å². The molecule has 3 heterocycles. The van der Waals surface area contributed by atoms with Gasteiger partial charge in [-0.1, -0.05) is 12.8 Å². The average molecular weight is 382 g/mol. The van der Waals surface area contributed by atoms with E-state index in [0.717, 1.165) is 38.5 Å². The maximum absolute atomic E-state index is 9.65. The first kappa shape index (κ1) is 17.9. The Bertz CT molecular complexity index is 770. The van der Waals surface area contributed by atoms with Crippen LogP contribution in [0.25, 0.3) is 11.2 Å². The molecule has 2 aliphatic rings. The molecule has 4 rings (SSSR count). The predicted molar refractivity (Wildman–Crippen MR) is 97.0 cm³/mol. The molecule has 4 atom stereocenters. The fourth-order valence-corrected chi connectivity index (χ4v) is 4.18. The van der Waals surface area contributed by atoms with Crippen molar-refractivity contribution < 1.29 is 14.9 Å². The standard InChI is InChI=1S/C17H24ClN5O3/c18-17-21-15(20-12-4-2-1-3-10(12)7-24)14-16(22-17)23(9-19-14)13-6-5-11(8-25)26-13/h9-13,24-25H,1-8H2,(H,20,21,22)/t10-,11-,12?,13+/m0/s1. The summed E-state index contributed by atoms with van der Waals surface area (Å²) in [6.07, 6.45) is 7.17. The summed E-state index contributed by atoms with van der Waals surface area (Å²) in [5.41, 5.74) is 1.26. The summed E-state index contributed by atoms with van der Waals surface area (Å²) < 4.78 is 7.70. The number of aromatic nitrogens is 4. The van der Waals surface area contributed by atoms with Crippen LogP contribution in [0.1, 0.15) is 44.8 Å². The van der Waals surface area contributed by atoms with Gasteiger partial charge < -0.3 is 20.3 Å². The number of hydrogen-bond donors (Lipinski definition) is 3. The zero-order valence-corrected chi connectivity index (χ0v) is 15.3. The van der Waals surface area contributed by atoms with Crippen LogP contribution in [0.15, 0.2) is 6.33 Å². The largest absolute Gasteiger partial charge is 0.396 e. The van der Waals surface area contributed by atoms with Crippen LogP contribution in [0.4, 0.5) is 5.82 Å². The van der Waals surface area contributed by atoms with Crippen molar-refractivity contribution in [3.63, 3.8) is 0 Å². The number of anilines is 1. The monoisotopic (exact) mass is 381 g/mol. The van der Waals surface area contributed by atoms with Crippen molar-refractivity contribution in [2.75, 3.05) is 18.5 Å². The third kappa shape index (κ3) is 3.38. The zero-order chi connectivity index (χ0) is 18.1. The number of aliphatic hydroxyl groups is 2. The van der Waals surface area contributed by atoms with Gasteiger partial charge in [-0.05, 0) is 37.3 Å². The summed E-state index contributed by atoms with van der Waals surface area (Å²) in [6, 6.07) is 0.148. The number of hydrogen-bond acceptors (Lipinski definition) is 7. The fourth-order valence-electron chi connectivity index (χ4n) is 4.02. The Labute approximate surface area is 156 Å². The van der Waals surface area contributed by atoms with Gasteiger partial charge in [0.05, 0.1) is 19.0 Å². The summed E-state index contributed by atoms with van der Waals surface area (Å²) in [7, 11) is 0. The van der Waals surface area contributed by atoms with E-state index in [1.54, 1.807) is 6.33 Å². The highest BCUT2D eigenvalue weighted by Gasteiger charge is 2.29. The first-order valence-electron chi connectivity index (χ1n) is 9.23. The van der Waals surface area contributed by atoms with Crippen molar-refractivity contribution in [3.05, 3.63) is 11.6 Å². The Hall–Kier alpha value is -1.48. The summed E-state index contributed by atoms with van der Waals surface area (Å²) >= 11 is 6.17. The number of aliphatic hydroxyl groups excluding tert-OH is 2. The van der Waals surface area contributed by atoms with Crippen molar-refractivity contribution in [2.24, 2.45) is 5.92 Å². The molecule has 3 N–H and O–H groups in total. The molecule has 1 aliphatic heterocycles. The van der Waals surface area contributed by atoms with Crippen LogP contribution < -0.4 is 5.32 Å². The predicted octanol–water partition coefficient (Wildman–Crippen LogP) is 2.11. The van der Waals surface area contributed by atoms with E-state index in [-0.39, 0.29) is 42.8 Å². The van der Waals surface area contributed by atoms with Crippen molar-refractivity contribution in [1.29, 1.82) is 0 Å². The van der Waals surface area contributed by atoms with E-state index in [0.29, 0.717) is 17.0 Å². The highest BCUT2D eigenvalue weighted by molar-refractivity contribution is 6.28. The molecule has 1 aliphatic carbocycles. The van der Waals surface area contributed by atoms with Gasteiger partial charge in [0.25, 0.3) is 0 Å². The number of imidazole rings is 1. The van der Waals surface area contributed by atoms with Gasteiger partial charge in [-0.25, -0.2) is 4.98 Å². The van der Waals surface area contributed by atoms with E-state index in [4.69, 9.17) is 16.3 Å². The van der Waals surface area contributed by atoms with Crippen molar-refractivity contribution in [2.45, 2.75) is 56.9 Å². The minimum atomic E-state index is -0.212. The minimum absolute atomic E-state index is 0.00983. The lowest BCUT2D eigenvalue weighted by Gasteiger charge is -2.31. The molecule has 1 saturated heterocycles. The molecule has 0 aromatic carbocycles. The molecule has 2 aromatic rings. The van der Waals surface area contributed by atoms with Crippen LogP contribution in [0, 0.1) is 5.92 Å². The zero-order valence-electron chi connectivity index (χ0n) is 14.5. The average Bonchev–Trinajstić information content (AvgIpc) is 3.28. The molecule has 0 amide bonds. The summed E-state index contributed by atoms with van der Waals surface area (Å²) in [4.78, 5) is 13.2. The molecular weight excluding hydrogens is 358 g/mol. The fraction of sp³-hybridized carbons (Fsp3) is 0.706. The summed E-state index contributed by atoms with van der Waals surface area (Å²) in [5, 5.41) is 22.5. The lowest BCUT2D eigenvalue weighted by atomic mass is 9.85. The summed E-state index contributed by atoms with van der Waals surface area (Å²) in [5.74, 6) is 0.805. The first-order valence-corrected chi connectivity index (χ1v) is 9.61. The normalized spacial score (nSPS) is 29.3. The second-order valence-electron chi connectivity index (χ2n) is 7.12. The molecular formula is C17H24ClN5O3. The molecule has 8 nitrogen and oxygen atoms in total. The first-order chi connectivity index (χ1) is 12.7. The number of fused-ring (bicyclic) bond motifs is 1. The SMILES string of the molecule is OC[C@@H]1CC[C@H](n2cnc3c(NC4CCCC[C@H]4CO)nc(Cl)nc32)O1. The third-order valence-corrected chi connectivity index (χ3v) is 5.63. The van der Waals surface area contributed by atoms with Crippen LogP contribution in [0.2, 0.25) is 5.28 Å². The molecule has 1 saturated carbocycles. The lowest BCUT2D eigenvalue weighted by molar-refractivity contribution is -0.0207. The lowest BCUT2D eigenvalue weighted by Crippen LogP contribution is -2.34. The molecule has 0 bridgehead atoms. The number of nitrogens with one attached hydrogen (secondary N) is 1. The Morgan fingerprint density at radius 3 is 2.77 bits per heavy atom. The quantitative estimate of drug-likeness (QED) is 0.681. The highest BCUT2D eigenvalue weighted by atomic mass is 35.5. The van der Waals surface area contributed by atoms with Gasteiger partial charge in [-0.3, -0.25) is 4.57 Å². The third-order valence-electron chi connectivity index (χ3n) is 5.46. The van der Waals surface area contributed by atoms with E-state index in [2.05, 4.69) is 20.3 Å². The molecule has 142 valence electrons. The minimum Gasteiger partial charge on any atom is -0.396 e. The van der Waals surface area contributed by atoms with Crippen LogP contribution in [0.3, 0.4) is 0 Å². The molecule has 2 fully saturated rings. The van der Waals surface area contributed by atoms with Crippen molar-refractivity contribution in [1.82, 2.24) is 19.5 Å². The maximum Gasteiger partial charge on any atom is 0.226 e. The van der Waals surface area contributed by atoms with E-state index in [1.165, 1.54) is 0 Å². The molecule has 9 heteroatoms. The Kier molecular flexibility index (Phi) is 5.26. The molecule has 0 spiro atoms. The number of ether oxygens (including phenoxy) is 1. The Morgan fingerprint density at radius 1 is 1.15 bits per heavy atom. The van der Waals surface area contributed by atoms with Gasteiger partial charge in [0.15, 0.2) is 17.0 Å². The Balaban J connectivity index is 1.64. The van der Waals surface area contributed by atoms with Crippen LogP contribution in [-0.4, -0.2) is 55.1 Å². The van der Waals surface area contributed by atoms with Crippen molar-refractivity contribution in [3.8, 4) is 0 Å².